The number of carbonyl (C=O) groups excluding carboxylic acids is 1. The quantitative estimate of drug-likeness (QED) is 0.381. The van der Waals surface area contributed by atoms with E-state index >= 15 is 0 Å². The molecule has 0 spiro atoms. The Morgan fingerprint density at radius 3 is 2.88 bits per heavy atom. The largest absolute Gasteiger partial charge is 0.311 e. The standard InChI is InChI=1S/C25H25N5OS2/c31-20(29-13-5-7-15-6-1-3-9-18(15)29)14-32-25-28-27-23-21-17-8-2-4-10-19(17)33-24(21)26-22(30(23)25)16-11-12-16/h1,3,6,9,16H,2,4-5,7-8,10-14H2. The van der Waals surface area contributed by atoms with Crippen LogP contribution >= 0.6 is 23.1 Å². The number of hydrogen-bond donors (Lipinski definition) is 0. The van der Waals surface area contributed by atoms with Gasteiger partial charge in [0.1, 0.15) is 10.7 Å². The number of amides is 1. The Labute approximate surface area is 200 Å². The molecule has 168 valence electrons. The zero-order valence-corrected chi connectivity index (χ0v) is 20.1. The van der Waals surface area contributed by atoms with Gasteiger partial charge in [0, 0.05) is 23.0 Å². The minimum Gasteiger partial charge on any atom is -0.311 e. The molecular formula is C25H25N5OS2. The molecule has 0 saturated heterocycles. The number of fused-ring (bicyclic) bond motifs is 6. The predicted octanol–water partition coefficient (Wildman–Crippen LogP) is 5.17. The molecule has 3 aromatic heterocycles. The minimum absolute atomic E-state index is 0.138. The van der Waals surface area contributed by atoms with Crippen molar-refractivity contribution in [3.8, 4) is 0 Å². The van der Waals surface area contributed by atoms with E-state index < -0.39 is 0 Å². The van der Waals surface area contributed by atoms with Crippen LogP contribution in [-0.2, 0) is 24.1 Å². The van der Waals surface area contributed by atoms with E-state index in [4.69, 9.17) is 4.98 Å². The maximum atomic E-state index is 13.2. The lowest BCUT2D eigenvalue weighted by Crippen LogP contribution is -2.36. The van der Waals surface area contributed by atoms with Gasteiger partial charge in [0.05, 0.1) is 11.1 Å². The van der Waals surface area contributed by atoms with Crippen molar-refractivity contribution in [1.29, 1.82) is 0 Å². The van der Waals surface area contributed by atoms with Crippen LogP contribution in [0, 0.1) is 0 Å². The van der Waals surface area contributed by atoms with Gasteiger partial charge in [0.25, 0.3) is 0 Å². The Morgan fingerprint density at radius 1 is 1.09 bits per heavy atom. The van der Waals surface area contributed by atoms with Gasteiger partial charge in [0.2, 0.25) is 5.91 Å². The number of hydrogen-bond acceptors (Lipinski definition) is 6. The third-order valence-corrected chi connectivity index (χ3v) is 9.23. The summed E-state index contributed by atoms with van der Waals surface area (Å²) in [5.41, 5.74) is 4.71. The summed E-state index contributed by atoms with van der Waals surface area (Å²) in [5.74, 6) is 2.06. The highest BCUT2D eigenvalue weighted by molar-refractivity contribution is 7.99. The fraction of sp³-hybridized carbons (Fsp3) is 0.440. The summed E-state index contributed by atoms with van der Waals surface area (Å²) in [6.07, 6.45) is 9.16. The van der Waals surface area contributed by atoms with Crippen LogP contribution in [0.5, 0.6) is 0 Å². The predicted molar refractivity (Wildman–Crippen MR) is 133 cm³/mol. The third kappa shape index (κ3) is 3.29. The van der Waals surface area contributed by atoms with Gasteiger partial charge in [-0.1, -0.05) is 30.0 Å². The molecule has 0 bridgehead atoms. The van der Waals surface area contributed by atoms with Gasteiger partial charge in [-0.05, 0) is 68.6 Å². The third-order valence-electron chi connectivity index (χ3n) is 7.13. The van der Waals surface area contributed by atoms with Crippen LogP contribution in [0.3, 0.4) is 0 Å². The first kappa shape index (κ1) is 20.0. The van der Waals surface area contributed by atoms with E-state index in [9.17, 15) is 4.79 Å². The molecule has 4 heterocycles. The summed E-state index contributed by atoms with van der Waals surface area (Å²) >= 11 is 3.36. The summed E-state index contributed by atoms with van der Waals surface area (Å²) in [6, 6.07) is 8.27. The minimum atomic E-state index is 0.138. The average molecular weight is 476 g/mol. The number of aromatic nitrogens is 4. The van der Waals surface area contributed by atoms with Crippen LogP contribution in [0.1, 0.15) is 59.9 Å². The van der Waals surface area contributed by atoms with Crippen molar-refractivity contribution in [2.75, 3.05) is 17.2 Å². The van der Waals surface area contributed by atoms with E-state index in [2.05, 4.69) is 32.8 Å². The summed E-state index contributed by atoms with van der Waals surface area (Å²) in [4.78, 5) is 22.9. The van der Waals surface area contributed by atoms with Crippen molar-refractivity contribution in [3.63, 3.8) is 0 Å². The average Bonchev–Trinajstić information content (AvgIpc) is 3.51. The first-order valence-electron chi connectivity index (χ1n) is 12.0. The molecule has 33 heavy (non-hydrogen) atoms. The van der Waals surface area contributed by atoms with Crippen LogP contribution in [0.4, 0.5) is 5.69 Å². The molecule has 0 N–H and O–H groups in total. The second-order valence-electron chi connectivity index (χ2n) is 9.34. The highest BCUT2D eigenvalue weighted by Crippen LogP contribution is 2.44. The van der Waals surface area contributed by atoms with Crippen LogP contribution in [0.25, 0.3) is 15.9 Å². The van der Waals surface area contributed by atoms with E-state index in [1.54, 1.807) is 0 Å². The molecular weight excluding hydrogens is 450 g/mol. The highest BCUT2D eigenvalue weighted by Gasteiger charge is 2.32. The molecule has 1 saturated carbocycles. The Kier molecular flexibility index (Phi) is 4.72. The number of rotatable bonds is 4. The van der Waals surface area contributed by atoms with Gasteiger partial charge >= 0.3 is 0 Å². The van der Waals surface area contributed by atoms with Crippen molar-refractivity contribution in [3.05, 3.63) is 46.1 Å². The molecule has 2 aliphatic carbocycles. The Morgan fingerprint density at radius 2 is 1.97 bits per heavy atom. The SMILES string of the molecule is O=C(CSc1nnc2c3c4c(sc3nc(C3CC3)n12)CCCC4)N1CCCc2ccccc21. The molecule has 8 heteroatoms. The maximum Gasteiger partial charge on any atom is 0.237 e. The Hall–Kier alpha value is -2.45. The van der Waals surface area contributed by atoms with E-state index in [1.165, 1.54) is 58.8 Å². The van der Waals surface area contributed by atoms with E-state index in [0.717, 1.165) is 59.4 Å². The molecule has 6 nitrogen and oxygen atoms in total. The molecule has 4 aromatic rings. The summed E-state index contributed by atoms with van der Waals surface area (Å²) in [6.45, 7) is 0.785. The van der Waals surface area contributed by atoms with Crippen molar-refractivity contribution in [2.45, 2.75) is 62.4 Å². The van der Waals surface area contributed by atoms with Crippen molar-refractivity contribution < 1.29 is 4.79 Å². The lowest BCUT2D eigenvalue weighted by atomic mass is 9.97. The number of para-hydroxylation sites is 1. The number of anilines is 1. The molecule has 1 fully saturated rings. The van der Waals surface area contributed by atoms with Gasteiger partial charge in [-0.25, -0.2) is 4.98 Å². The lowest BCUT2D eigenvalue weighted by Gasteiger charge is -2.29. The van der Waals surface area contributed by atoms with Crippen molar-refractivity contribution in [1.82, 2.24) is 19.6 Å². The van der Waals surface area contributed by atoms with Crippen LogP contribution < -0.4 is 4.90 Å². The Bertz CT molecular complexity index is 1400. The molecule has 1 aromatic carbocycles. The number of thiophene rings is 1. The number of thioether (sulfide) groups is 1. The normalized spacial score (nSPS) is 18.0. The van der Waals surface area contributed by atoms with Crippen LogP contribution in [0.2, 0.25) is 0 Å². The summed E-state index contributed by atoms with van der Waals surface area (Å²) in [7, 11) is 0. The number of benzene rings is 1. The number of aryl methyl sites for hydroxylation is 3. The zero-order chi connectivity index (χ0) is 21.9. The number of carbonyl (C=O) groups is 1. The van der Waals surface area contributed by atoms with Crippen LogP contribution in [0.15, 0.2) is 29.4 Å². The van der Waals surface area contributed by atoms with E-state index in [1.807, 2.05) is 22.3 Å². The van der Waals surface area contributed by atoms with E-state index in [-0.39, 0.29) is 5.91 Å². The summed E-state index contributed by atoms with van der Waals surface area (Å²) < 4.78 is 2.17. The Balaban J connectivity index is 1.25. The van der Waals surface area contributed by atoms with Crippen molar-refractivity contribution >= 4 is 50.6 Å². The molecule has 1 aliphatic heterocycles. The fourth-order valence-corrected chi connectivity index (χ4v) is 7.44. The van der Waals surface area contributed by atoms with Crippen molar-refractivity contribution in [2.24, 2.45) is 0 Å². The van der Waals surface area contributed by atoms with Gasteiger partial charge in [-0.2, -0.15) is 0 Å². The molecule has 0 unspecified atom stereocenters. The topological polar surface area (TPSA) is 63.4 Å². The monoisotopic (exact) mass is 475 g/mol. The second kappa shape index (κ2) is 7.81. The molecule has 7 rings (SSSR count). The van der Waals surface area contributed by atoms with Gasteiger partial charge < -0.3 is 4.90 Å². The van der Waals surface area contributed by atoms with Gasteiger partial charge in [0.15, 0.2) is 10.8 Å². The van der Waals surface area contributed by atoms with E-state index in [0.29, 0.717) is 11.7 Å². The first-order chi connectivity index (χ1) is 16.3. The molecule has 0 radical (unpaired) electrons. The smallest absolute Gasteiger partial charge is 0.237 e. The number of nitrogens with zero attached hydrogens (tertiary/aromatic N) is 5. The fourth-order valence-electron chi connectivity index (χ4n) is 5.36. The summed E-state index contributed by atoms with van der Waals surface area (Å²) in [5, 5.41) is 11.2. The highest BCUT2D eigenvalue weighted by atomic mass is 32.2. The molecule has 0 atom stereocenters. The zero-order valence-electron chi connectivity index (χ0n) is 18.4. The second-order valence-corrected chi connectivity index (χ2v) is 11.4. The van der Waals surface area contributed by atoms with Gasteiger partial charge in [-0.15, -0.1) is 21.5 Å². The molecule has 1 amide bonds. The van der Waals surface area contributed by atoms with Gasteiger partial charge in [-0.3, -0.25) is 9.20 Å². The molecule has 3 aliphatic rings. The first-order valence-corrected chi connectivity index (χ1v) is 13.8. The lowest BCUT2D eigenvalue weighted by molar-refractivity contribution is -0.116. The van der Waals surface area contributed by atoms with Crippen LogP contribution in [-0.4, -0.2) is 37.8 Å². The maximum absolute atomic E-state index is 13.2.